The first kappa shape index (κ1) is 4.39. The Morgan fingerprint density at radius 1 is 2.00 bits per heavy atom. The Bertz CT molecular complexity index is 8.00. The third-order valence-corrected chi connectivity index (χ3v) is 0.712. The van der Waals surface area contributed by atoms with Gasteiger partial charge in [-0.3, -0.25) is 0 Å². The van der Waals surface area contributed by atoms with Crippen LogP contribution in [0.2, 0.25) is 5.67 Å². The molecule has 0 spiro atoms. The van der Waals surface area contributed by atoms with Crippen LogP contribution in [0.15, 0.2) is 0 Å². The van der Waals surface area contributed by atoms with Gasteiger partial charge >= 0.3 is 0 Å². The molecule has 3 heteroatoms. The van der Waals surface area contributed by atoms with Crippen molar-refractivity contribution in [2.75, 3.05) is 0 Å². The molecule has 21 valence electrons. The molecule has 0 saturated carbocycles. The summed E-state index contributed by atoms with van der Waals surface area (Å²) in [6.45, 7) is 0. The first-order valence-corrected chi connectivity index (χ1v) is 2.79. The van der Waals surface area contributed by atoms with Crippen molar-refractivity contribution >= 4 is 20.0 Å². The van der Waals surface area contributed by atoms with Gasteiger partial charge in [0.1, 0.15) is 0 Å². The lowest BCUT2D eigenvalue weighted by Crippen LogP contribution is -1.80. The first-order chi connectivity index (χ1) is 1.91. The summed E-state index contributed by atoms with van der Waals surface area (Å²) in [5.41, 5.74) is 0.708. The molecule has 0 bridgehead atoms. The maximum absolute atomic E-state index is 7.85. The van der Waals surface area contributed by atoms with Crippen LogP contribution in [0, 0.1) is 0 Å². The molecule has 0 amide bonds. The van der Waals surface area contributed by atoms with E-state index >= 15 is 0 Å². The van der Waals surface area contributed by atoms with E-state index in [0.717, 1.165) is 0 Å². The minimum absolute atomic E-state index is 0.0540. The fourth-order valence-electron chi connectivity index (χ4n) is 0. The summed E-state index contributed by atoms with van der Waals surface area (Å²) >= 11 is 0. The molecule has 0 aromatic carbocycles. The van der Waals surface area contributed by atoms with Crippen LogP contribution in [0.4, 0.5) is 0 Å². The van der Waals surface area contributed by atoms with Crippen molar-refractivity contribution in [1.29, 1.82) is 0 Å². The predicted molar refractivity (Wildman–Crippen MR) is 18.5 cm³/mol. The van der Waals surface area contributed by atoms with E-state index < -0.39 is 0 Å². The molecule has 0 saturated heterocycles. The van der Waals surface area contributed by atoms with Gasteiger partial charge in [0.25, 0.3) is 0 Å². The molecule has 1 N–H and O–H groups in total. The van der Waals surface area contributed by atoms with E-state index in [9.17, 15) is 0 Å². The molecule has 0 aliphatic rings. The highest BCUT2D eigenvalue weighted by Crippen LogP contribution is 1.50. The molecule has 0 atom stereocenters. The van der Waals surface area contributed by atoms with E-state index in [2.05, 4.69) is 10.2 Å². The molecule has 5 radical (unpaired) electrons. The molecule has 0 heterocycles. The molecule has 1 nitrogen and oxygen atoms in total. The average molecular weight is 87.2 g/mol. The maximum Gasteiger partial charge on any atom is 0.220 e. The molecular weight excluding hydrogens is 84.2 g/mol. The Hall–Kier alpha value is 0.394. The minimum Gasteiger partial charge on any atom is -0.432 e. The van der Waals surface area contributed by atoms with Crippen LogP contribution in [-0.4, -0.2) is 24.8 Å². The van der Waals surface area contributed by atoms with Gasteiger partial charge in [-0.2, -0.15) is 0 Å². The molecule has 0 fully saturated rings. The van der Waals surface area contributed by atoms with Gasteiger partial charge in [0, 0.05) is 10.2 Å². The summed E-state index contributed by atoms with van der Waals surface area (Å²) < 4.78 is 0. The Balaban J connectivity index is 1.97. The van der Waals surface area contributed by atoms with Gasteiger partial charge in [-0.15, -0.1) is 0 Å². The highest BCUT2D eigenvalue weighted by atomic mass is 28.3. The summed E-state index contributed by atoms with van der Waals surface area (Å²) in [6, 6.07) is 0. The van der Waals surface area contributed by atoms with Gasteiger partial charge in [-0.25, -0.2) is 0 Å². The van der Waals surface area contributed by atoms with Gasteiger partial charge in [-0.1, -0.05) is 0 Å². The molecule has 0 aliphatic heterocycles. The van der Waals surface area contributed by atoms with E-state index in [4.69, 9.17) is 4.80 Å². The number of hydrogen-bond acceptors (Lipinski definition) is 1. The number of rotatable bonds is 1. The summed E-state index contributed by atoms with van der Waals surface area (Å²) in [5, 5.41) is 0. The lowest BCUT2D eigenvalue weighted by atomic mass is 11.9. The van der Waals surface area contributed by atoms with Crippen LogP contribution >= 0.6 is 0 Å². The fourth-order valence-corrected chi connectivity index (χ4v) is 0. The smallest absolute Gasteiger partial charge is 0.220 e. The van der Waals surface area contributed by atoms with Crippen molar-refractivity contribution in [3.05, 3.63) is 0 Å². The first-order valence-electron chi connectivity index (χ1n) is 0.931. The van der Waals surface area contributed by atoms with Gasteiger partial charge in [0.15, 0.2) is 0 Å². The second-order valence-electron chi connectivity index (χ2n) is 0.335. The van der Waals surface area contributed by atoms with Crippen LogP contribution in [-0.2, 0) is 0 Å². The van der Waals surface area contributed by atoms with Gasteiger partial charge in [-0.05, 0) is 5.67 Å². The van der Waals surface area contributed by atoms with Crippen LogP contribution < -0.4 is 0 Å². The van der Waals surface area contributed by atoms with E-state index in [1.807, 2.05) is 0 Å². The second kappa shape index (κ2) is 3.39. The standard InChI is InChI=1S/CH3OSi2/c2-4-1-3/h2H,1H2. The predicted octanol–water partition coefficient (Wildman–Crippen LogP) is -0.858. The van der Waals surface area contributed by atoms with Gasteiger partial charge in [0.05, 0.1) is 0 Å². The summed E-state index contributed by atoms with van der Waals surface area (Å²) in [5.74, 6) is 0. The largest absolute Gasteiger partial charge is 0.432 e. The molecule has 0 aliphatic carbocycles. The normalized spacial score (nSPS) is 7.50. The highest BCUT2D eigenvalue weighted by Gasteiger charge is 1.64. The monoisotopic (exact) mass is 87.0 g/mol. The maximum atomic E-state index is 7.85. The van der Waals surface area contributed by atoms with Gasteiger partial charge < -0.3 is 4.80 Å². The van der Waals surface area contributed by atoms with Crippen molar-refractivity contribution in [2.45, 2.75) is 5.67 Å². The van der Waals surface area contributed by atoms with Crippen LogP contribution in [0.3, 0.4) is 0 Å². The lowest BCUT2D eigenvalue weighted by molar-refractivity contribution is 0.607. The van der Waals surface area contributed by atoms with Crippen molar-refractivity contribution in [3.8, 4) is 0 Å². The van der Waals surface area contributed by atoms with Crippen molar-refractivity contribution in [3.63, 3.8) is 0 Å². The van der Waals surface area contributed by atoms with E-state index in [1.165, 1.54) is 0 Å². The Morgan fingerprint density at radius 3 is 2.25 bits per heavy atom. The lowest BCUT2D eigenvalue weighted by Gasteiger charge is -1.63. The number of hydrogen-bond donors (Lipinski definition) is 1. The molecule has 4 heavy (non-hydrogen) atoms. The Labute approximate surface area is 31.4 Å². The van der Waals surface area contributed by atoms with Crippen molar-refractivity contribution < 1.29 is 4.80 Å². The zero-order valence-corrected chi connectivity index (χ0v) is 4.15. The third kappa shape index (κ3) is 2.39. The van der Waals surface area contributed by atoms with Crippen LogP contribution in [0.25, 0.3) is 0 Å². The SMILES string of the molecule is O[Si]C[Si]. The highest BCUT2D eigenvalue weighted by molar-refractivity contribution is 6.40. The Morgan fingerprint density at radius 2 is 2.25 bits per heavy atom. The minimum atomic E-state index is 0.0540. The Kier molecular flexibility index (Phi) is 3.73. The van der Waals surface area contributed by atoms with E-state index in [-0.39, 0.29) is 9.76 Å². The van der Waals surface area contributed by atoms with Crippen LogP contribution in [0.1, 0.15) is 0 Å². The van der Waals surface area contributed by atoms with Crippen molar-refractivity contribution in [2.24, 2.45) is 0 Å². The van der Waals surface area contributed by atoms with Crippen LogP contribution in [0.5, 0.6) is 0 Å². The summed E-state index contributed by atoms with van der Waals surface area (Å²) in [4.78, 5) is 7.85. The van der Waals surface area contributed by atoms with Crippen molar-refractivity contribution in [1.82, 2.24) is 0 Å². The van der Waals surface area contributed by atoms with E-state index in [0.29, 0.717) is 5.67 Å². The van der Waals surface area contributed by atoms with Gasteiger partial charge in [0.2, 0.25) is 9.76 Å². The summed E-state index contributed by atoms with van der Waals surface area (Å²) in [7, 11) is 3.10. The quantitative estimate of drug-likeness (QED) is 0.413. The summed E-state index contributed by atoms with van der Waals surface area (Å²) in [6.07, 6.45) is 0. The molecule has 0 aromatic heterocycles. The zero-order valence-electron chi connectivity index (χ0n) is 2.15. The molecule has 0 unspecified atom stereocenters. The second-order valence-corrected chi connectivity index (χ2v) is 2.07. The molecular formula is CH3OSi2. The zero-order chi connectivity index (χ0) is 3.41. The average Bonchev–Trinajstić information content (AvgIpc) is 1.37. The topological polar surface area (TPSA) is 20.2 Å². The fraction of sp³-hybridized carbons (Fsp3) is 1.00. The molecule has 0 aromatic rings. The third-order valence-electron chi connectivity index (χ3n) is 0.0791. The van der Waals surface area contributed by atoms with E-state index in [1.54, 1.807) is 0 Å². The molecule has 0 rings (SSSR count).